The summed E-state index contributed by atoms with van der Waals surface area (Å²) in [6.07, 6.45) is -4.92. The minimum absolute atomic E-state index is 0.0300. The summed E-state index contributed by atoms with van der Waals surface area (Å²) in [4.78, 5) is 12.0. The fourth-order valence-electron chi connectivity index (χ4n) is 2.32. The third-order valence-corrected chi connectivity index (χ3v) is 5.92. The van der Waals surface area contributed by atoms with Crippen LogP contribution < -0.4 is 10.0 Å². The van der Waals surface area contributed by atoms with E-state index in [0.717, 1.165) is 24.3 Å². The zero-order valence-electron chi connectivity index (χ0n) is 16.1. The molecule has 1 atom stereocenters. The van der Waals surface area contributed by atoms with Gasteiger partial charge in [-0.1, -0.05) is 13.8 Å². The number of amides is 1. The number of anilines is 1. The van der Waals surface area contributed by atoms with Crippen molar-refractivity contribution in [2.24, 2.45) is 5.92 Å². The number of carbonyl (C=O) groups is 1. The van der Waals surface area contributed by atoms with Crippen molar-refractivity contribution >= 4 is 21.6 Å². The standard InChI is InChI=1S/C19H19F5N2O3S/c1-10(2)11(3)26-30(28,29)13-5-7-16(20)14(9-13)18(27)25-12-4-6-15(17(21)8-12)19(22,23)24/h4-11,26H,1-3H3,(H,25,27)/t11-/m1/s1. The second-order valence-corrected chi connectivity index (χ2v) is 8.66. The van der Waals surface area contributed by atoms with Crippen LogP contribution >= 0.6 is 0 Å². The monoisotopic (exact) mass is 450 g/mol. The molecule has 30 heavy (non-hydrogen) atoms. The average Bonchev–Trinajstić information content (AvgIpc) is 2.60. The summed E-state index contributed by atoms with van der Waals surface area (Å²) in [6, 6.07) is 3.77. The summed E-state index contributed by atoms with van der Waals surface area (Å²) >= 11 is 0. The van der Waals surface area contributed by atoms with Crippen LogP contribution in [0, 0.1) is 17.6 Å². The van der Waals surface area contributed by atoms with E-state index in [9.17, 15) is 35.2 Å². The highest BCUT2D eigenvalue weighted by molar-refractivity contribution is 7.89. The highest BCUT2D eigenvalue weighted by atomic mass is 32.2. The van der Waals surface area contributed by atoms with Gasteiger partial charge in [0.1, 0.15) is 11.6 Å². The first kappa shape index (κ1) is 23.7. The fraction of sp³-hybridized carbons (Fsp3) is 0.316. The van der Waals surface area contributed by atoms with E-state index in [1.165, 1.54) is 0 Å². The lowest BCUT2D eigenvalue weighted by molar-refractivity contribution is -0.139. The molecule has 164 valence electrons. The molecule has 2 N–H and O–H groups in total. The number of hydrogen-bond acceptors (Lipinski definition) is 3. The van der Waals surface area contributed by atoms with E-state index >= 15 is 0 Å². The van der Waals surface area contributed by atoms with Crippen LogP contribution in [0.1, 0.15) is 36.7 Å². The molecule has 0 heterocycles. The zero-order chi connectivity index (χ0) is 22.9. The molecule has 0 radical (unpaired) electrons. The van der Waals surface area contributed by atoms with Crippen LogP contribution in [0.3, 0.4) is 0 Å². The van der Waals surface area contributed by atoms with Gasteiger partial charge in [-0.2, -0.15) is 13.2 Å². The van der Waals surface area contributed by atoms with Gasteiger partial charge in [0, 0.05) is 11.7 Å². The van der Waals surface area contributed by atoms with Crippen molar-refractivity contribution in [3.63, 3.8) is 0 Å². The molecule has 0 aliphatic carbocycles. The Kier molecular flexibility index (Phi) is 6.87. The molecule has 0 fully saturated rings. The largest absolute Gasteiger partial charge is 0.419 e. The van der Waals surface area contributed by atoms with Crippen molar-refractivity contribution < 1.29 is 35.2 Å². The Morgan fingerprint density at radius 2 is 1.60 bits per heavy atom. The van der Waals surface area contributed by atoms with Crippen LogP contribution in [0.15, 0.2) is 41.3 Å². The van der Waals surface area contributed by atoms with Crippen molar-refractivity contribution in [2.75, 3.05) is 5.32 Å². The highest BCUT2D eigenvalue weighted by Crippen LogP contribution is 2.32. The molecule has 11 heteroatoms. The Labute approximate surface area is 170 Å². The third kappa shape index (κ3) is 5.54. The van der Waals surface area contributed by atoms with E-state index in [1.807, 2.05) is 0 Å². The van der Waals surface area contributed by atoms with E-state index in [1.54, 1.807) is 20.8 Å². The van der Waals surface area contributed by atoms with Crippen LogP contribution in [-0.4, -0.2) is 20.4 Å². The first-order chi connectivity index (χ1) is 13.7. The molecule has 0 aliphatic heterocycles. The topological polar surface area (TPSA) is 75.3 Å². The Bertz CT molecular complexity index is 1050. The maximum Gasteiger partial charge on any atom is 0.419 e. The van der Waals surface area contributed by atoms with Crippen LogP contribution in [0.2, 0.25) is 0 Å². The van der Waals surface area contributed by atoms with Crippen LogP contribution in [0.4, 0.5) is 27.6 Å². The Morgan fingerprint density at radius 1 is 0.967 bits per heavy atom. The van der Waals surface area contributed by atoms with Crippen molar-refractivity contribution in [3.05, 3.63) is 59.2 Å². The quantitative estimate of drug-likeness (QED) is 0.634. The van der Waals surface area contributed by atoms with Gasteiger partial charge < -0.3 is 5.32 Å². The van der Waals surface area contributed by atoms with E-state index in [-0.39, 0.29) is 16.5 Å². The van der Waals surface area contributed by atoms with E-state index in [0.29, 0.717) is 12.1 Å². The molecular formula is C19H19F5N2O3S. The number of rotatable bonds is 6. The number of carbonyl (C=O) groups excluding carboxylic acids is 1. The van der Waals surface area contributed by atoms with Crippen molar-refractivity contribution in [1.82, 2.24) is 4.72 Å². The SMILES string of the molecule is CC(C)[C@@H](C)NS(=O)(=O)c1ccc(F)c(C(=O)Nc2ccc(C(F)(F)F)c(F)c2)c1. The molecular weight excluding hydrogens is 431 g/mol. The van der Waals surface area contributed by atoms with Gasteiger partial charge in [0.05, 0.1) is 16.0 Å². The van der Waals surface area contributed by atoms with Gasteiger partial charge in [0.25, 0.3) is 5.91 Å². The maximum atomic E-state index is 14.1. The van der Waals surface area contributed by atoms with Gasteiger partial charge in [-0.15, -0.1) is 0 Å². The maximum absolute atomic E-state index is 14.1. The summed E-state index contributed by atoms with van der Waals surface area (Å²) in [5, 5.41) is 2.05. The zero-order valence-corrected chi connectivity index (χ0v) is 17.0. The lowest BCUT2D eigenvalue weighted by Crippen LogP contribution is -2.36. The fourth-order valence-corrected chi connectivity index (χ4v) is 3.73. The molecule has 0 spiro atoms. The number of halogens is 5. The molecule has 0 aromatic heterocycles. The van der Waals surface area contributed by atoms with Gasteiger partial charge in [-0.25, -0.2) is 21.9 Å². The number of nitrogens with one attached hydrogen (secondary N) is 2. The third-order valence-electron chi connectivity index (χ3n) is 4.37. The minimum atomic E-state index is -4.92. The molecule has 2 rings (SSSR count). The van der Waals surface area contributed by atoms with E-state index < -0.39 is 50.9 Å². The van der Waals surface area contributed by atoms with Crippen LogP contribution in [0.25, 0.3) is 0 Å². The molecule has 0 aliphatic rings. The number of hydrogen-bond donors (Lipinski definition) is 2. The number of alkyl halides is 3. The average molecular weight is 450 g/mol. The Hall–Kier alpha value is -2.53. The van der Waals surface area contributed by atoms with Gasteiger partial charge in [0.15, 0.2) is 0 Å². The molecule has 1 amide bonds. The normalized spacial score (nSPS) is 13.4. The molecule has 5 nitrogen and oxygen atoms in total. The molecule has 2 aromatic rings. The molecule has 0 saturated heterocycles. The Balaban J connectivity index is 2.31. The van der Waals surface area contributed by atoms with Crippen LogP contribution in [0.5, 0.6) is 0 Å². The van der Waals surface area contributed by atoms with Crippen molar-refractivity contribution in [2.45, 2.75) is 37.9 Å². The predicted octanol–water partition coefficient (Wildman–Crippen LogP) is 4.56. The highest BCUT2D eigenvalue weighted by Gasteiger charge is 2.34. The van der Waals surface area contributed by atoms with Crippen molar-refractivity contribution in [1.29, 1.82) is 0 Å². The Morgan fingerprint density at radius 3 is 2.13 bits per heavy atom. The van der Waals surface area contributed by atoms with Gasteiger partial charge >= 0.3 is 6.18 Å². The first-order valence-electron chi connectivity index (χ1n) is 8.72. The van der Waals surface area contributed by atoms with Gasteiger partial charge in [-0.3, -0.25) is 4.79 Å². The minimum Gasteiger partial charge on any atom is -0.322 e. The number of benzene rings is 2. The summed E-state index contributed by atoms with van der Waals surface area (Å²) in [6.45, 7) is 5.22. The summed E-state index contributed by atoms with van der Waals surface area (Å²) in [5.74, 6) is -3.86. The molecule has 0 saturated carbocycles. The molecule has 2 aromatic carbocycles. The van der Waals surface area contributed by atoms with Crippen LogP contribution in [-0.2, 0) is 16.2 Å². The molecule has 0 unspecified atom stereocenters. The second-order valence-electron chi connectivity index (χ2n) is 6.94. The summed E-state index contributed by atoms with van der Waals surface area (Å²) in [7, 11) is -4.06. The second kappa shape index (κ2) is 8.68. The lowest BCUT2D eigenvalue weighted by Gasteiger charge is -2.18. The smallest absolute Gasteiger partial charge is 0.322 e. The summed E-state index contributed by atoms with van der Waals surface area (Å²) in [5.41, 5.74) is -2.55. The summed E-state index contributed by atoms with van der Waals surface area (Å²) < 4.78 is 92.9. The van der Waals surface area contributed by atoms with Gasteiger partial charge in [-0.05, 0) is 49.2 Å². The molecule has 0 bridgehead atoms. The lowest BCUT2D eigenvalue weighted by atomic mass is 10.1. The van der Waals surface area contributed by atoms with E-state index in [4.69, 9.17) is 0 Å². The van der Waals surface area contributed by atoms with Crippen molar-refractivity contribution in [3.8, 4) is 0 Å². The van der Waals surface area contributed by atoms with E-state index in [2.05, 4.69) is 10.0 Å². The number of sulfonamides is 1. The van der Waals surface area contributed by atoms with Gasteiger partial charge in [0.2, 0.25) is 10.0 Å². The first-order valence-corrected chi connectivity index (χ1v) is 10.2. The predicted molar refractivity (Wildman–Crippen MR) is 100 cm³/mol.